The van der Waals surface area contributed by atoms with Crippen molar-refractivity contribution >= 4 is 16.7 Å². The maximum atomic E-state index is 12.0. The fourth-order valence-electron chi connectivity index (χ4n) is 2.35. The molecule has 0 aliphatic carbocycles. The molecule has 0 spiro atoms. The molecule has 5 heteroatoms. The third-order valence-electron chi connectivity index (χ3n) is 3.41. The fraction of sp³-hybridized carbons (Fsp3) is 0.333. The lowest BCUT2D eigenvalue weighted by molar-refractivity contribution is 0.0832. The van der Waals surface area contributed by atoms with Gasteiger partial charge in [0.25, 0.3) is 5.91 Å². The molecular formula is C15H15NO4. The first kappa shape index (κ1) is 12.9. The average molecular weight is 273 g/mol. The second-order valence-corrected chi connectivity index (χ2v) is 4.83. The first-order valence-electron chi connectivity index (χ1n) is 6.67. The van der Waals surface area contributed by atoms with Crippen molar-refractivity contribution in [2.75, 3.05) is 13.2 Å². The van der Waals surface area contributed by atoms with Gasteiger partial charge in [0.05, 0.1) is 11.5 Å². The van der Waals surface area contributed by atoms with Crippen LogP contribution in [-0.2, 0) is 4.74 Å². The Balaban J connectivity index is 1.79. The van der Waals surface area contributed by atoms with E-state index in [1.807, 2.05) is 6.07 Å². The van der Waals surface area contributed by atoms with Gasteiger partial charge in [0.1, 0.15) is 0 Å². The van der Waals surface area contributed by atoms with Crippen LogP contribution in [0.1, 0.15) is 23.4 Å². The van der Waals surface area contributed by atoms with Crippen LogP contribution < -0.4 is 10.9 Å². The van der Waals surface area contributed by atoms with E-state index in [9.17, 15) is 9.59 Å². The molecule has 2 aromatic rings. The second kappa shape index (κ2) is 5.46. The molecule has 0 saturated carbocycles. The van der Waals surface area contributed by atoms with Crippen LogP contribution in [-0.4, -0.2) is 25.2 Å². The number of fused-ring (bicyclic) bond motifs is 1. The highest BCUT2D eigenvalue weighted by atomic mass is 16.5. The molecule has 1 aromatic heterocycles. The van der Waals surface area contributed by atoms with Crippen molar-refractivity contribution in [3.8, 4) is 0 Å². The lowest BCUT2D eigenvalue weighted by atomic mass is 10.1. The lowest BCUT2D eigenvalue weighted by Gasteiger charge is -2.10. The molecule has 1 fully saturated rings. The Morgan fingerprint density at radius 2 is 2.20 bits per heavy atom. The van der Waals surface area contributed by atoms with Gasteiger partial charge in [0.15, 0.2) is 5.76 Å². The molecule has 0 radical (unpaired) electrons. The smallest absolute Gasteiger partial charge is 0.344 e. The maximum Gasteiger partial charge on any atom is 0.344 e. The zero-order chi connectivity index (χ0) is 13.9. The van der Waals surface area contributed by atoms with E-state index < -0.39 is 5.63 Å². The normalized spacial score (nSPS) is 18.3. The number of benzene rings is 1. The predicted octanol–water partition coefficient (Wildman–Crippen LogP) is 1.70. The monoisotopic (exact) mass is 273 g/mol. The van der Waals surface area contributed by atoms with E-state index in [4.69, 9.17) is 9.15 Å². The quantitative estimate of drug-likeness (QED) is 0.924. The Hall–Kier alpha value is -2.14. The number of carbonyl (C=O) groups excluding carboxylic acids is 1. The van der Waals surface area contributed by atoms with Crippen LogP contribution >= 0.6 is 0 Å². The number of amides is 1. The third-order valence-corrected chi connectivity index (χ3v) is 3.41. The standard InChI is InChI=1S/C15H15NO4/c17-14(16-9-11-5-3-7-19-11)13-8-10-4-1-2-6-12(10)15(18)20-13/h1-2,4,6,8,11H,3,5,7,9H2,(H,16,17). The molecule has 1 aliphatic heterocycles. The van der Waals surface area contributed by atoms with Crippen molar-refractivity contribution in [1.82, 2.24) is 5.32 Å². The molecule has 1 unspecified atom stereocenters. The summed E-state index contributed by atoms with van der Waals surface area (Å²) < 4.78 is 10.5. The van der Waals surface area contributed by atoms with Crippen LogP contribution in [0.4, 0.5) is 0 Å². The van der Waals surface area contributed by atoms with Crippen molar-refractivity contribution in [2.24, 2.45) is 0 Å². The molecule has 1 amide bonds. The number of rotatable bonds is 3. The van der Waals surface area contributed by atoms with E-state index in [0.29, 0.717) is 17.3 Å². The van der Waals surface area contributed by atoms with Gasteiger partial charge < -0.3 is 14.5 Å². The summed E-state index contributed by atoms with van der Waals surface area (Å²) >= 11 is 0. The number of carbonyl (C=O) groups is 1. The van der Waals surface area contributed by atoms with Crippen LogP contribution in [0, 0.1) is 0 Å². The van der Waals surface area contributed by atoms with Crippen molar-refractivity contribution in [3.63, 3.8) is 0 Å². The van der Waals surface area contributed by atoms with E-state index >= 15 is 0 Å². The summed E-state index contributed by atoms with van der Waals surface area (Å²) in [4.78, 5) is 23.8. The summed E-state index contributed by atoms with van der Waals surface area (Å²) in [5.41, 5.74) is -0.495. The van der Waals surface area contributed by atoms with E-state index in [-0.39, 0.29) is 17.8 Å². The fourth-order valence-corrected chi connectivity index (χ4v) is 2.35. The van der Waals surface area contributed by atoms with Gasteiger partial charge in [0, 0.05) is 13.2 Å². The van der Waals surface area contributed by atoms with Crippen molar-refractivity contribution < 1.29 is 13.9 Å². The molecular weight excluding hydrogens is 258 g/mol. The predicted molar refractivity (Wildman–Crippen MR) is 73.8 cm³/mol. The number of hydrogen-bond donors (Lipinski definition) is 1. The Kier molecular flexibility index (Phi) is 3.52. The topological polar surface area (TPSA) is 68.5 Å². The van der Waals surface area contributed by atoms with Crippen LogP contribution in [0.15, 0.2) is 39.5 Å². The number of hydrogen-bond acceptors (Lipinski definition) is 4. The van der Waals surface area contributed by atoms with Gasteiger partial charge in [0.2, 0.25) is 0 Å². The summed E-state index contributed by atoms with van der Waals surface area (Å²) in [6.07, 6.45) is 2.03. The molecule has 2 heterocycles. The molecule has 0 bridgehead atoms. The number of ether oxygens (including phenoxy) is 1. The molecule has 1 atom stereocenters. The first-order chi connectivity index (χ1) is 9.74. The van der Waals surface area contributed by atoms with Crippen molar-refractivity contribution in [2.45, 2.75) is 18.9 Å². The molecule has 20 heavy (non-hydrogen) atoms. The van der Waals surface area contributed by atoms with Gasteiger partial charge in [-0.15, -0.1) is 0 Å². The highest BCUT2D eigenvalue weighted by Gasteiger charge is 2.18. The molecule has 1 aromatic carbocycles. The minimum absolute atomic E-state index is 0.0340. The van der Waals surface area contributed by atoms with Gasteiger partial charge >= 0.3 is 5.63 Å². The van der Waals surface area contributed by atoms with Gasteiger partial charge in [-0.1, -0.05) is 18.2 Å². The summed E-state index contributed by atoms with van der Waals surface area (Å²) in [6, 6.07) is 8.62. The zero-order valence-electron chi connectivity index (χ0n) is 10.9. The van der Waals surface area contributed by atoms with Crippen LogP contribution in [0.5, 0.6) is 0 Å². The van der Waals surface area contributed by atoms with Gasteiger partial charge in [-0.25, -0.2) is 4.79 Å². The lowest BCUT2D eigenvalue weighted by Crippen LogP contribution is -2.32. The summed E-state index contributed by atoms with van der Waals surface area (Å²) in [5.74, 6) is -0.352. The van der Waals surface area contributed by atoms with Crippen LogP contribution in [0.2, 0.25) is 0 Å². The average Bonchev–Trinajstić information content (AvgIpc) is 2.98. The zero-order valence-corrected chi connectivity index (χ0v) is 10.9. The van der Waals surface area contributed by atoms with Crippen LogP contribution in [0.25, 0.3) is 10.8 Å². The van der Waals surface area contributed by atoms with Gasteiger partial charge in [-0.3, -0.25) is 4.79 Å². The molecule has 1 N–H and O–H groups in total. The SMILES string of the molecule is O=C(NCC1CCCO1)c1cc2ccccc2c(=O)o1. The third kappa shape index (κ3) is 2.58. The van der Waals surface area contributed by atoms with Crippen LogP contribution in [0.3, 0.4) is 0 Å². The Morgan fingerprint density at radius 1 is 1.35 bits per heavy atom. The Bertz CT molecular complexity index is 686. The first-order valence-corrected chi connectivity index (χ1v) is 6.67. The highest BCUT2D eigenvalue weighted by molar-refractivity contribution is 5.95. The van der Waals surface area contributed by atoms with Crippen molar-refractivity contribution in [1.29, 1.82) is 0 Å². The summed E-state index contributed by atoms with van der Waals surface area (Å²) in [5, 5.41) is 3.91. The van der Waals surface area contributed by atoms with E-state index in [2.05, 4.69) is 5.32 Å². The minimum atomic E-state index is -0.495. The summed E-state index contributed by atoms with van der Waals surface area (Å²) in [7, 11) is 0. The largest absolute Gasteiger partial charge is 0.417 e. The maximum absolute atomic E-state index is 12.0. The van der Waals surface area contributed by atoms with E-state index in [1.165, 1.54) is 0 Å². The molecule has 3 rings (SSSR count). The molecule has 5 nitrogen and oxygen atoms in total. The molecule has 1 saturated heterocycles. The minimum Gasteiger partial charge on any atom is -0.417 e. The Labute approximate surface area is 115 Å². The molecule has 104 valence electrons. The highest BCUT2D eigenvalue weighted by Crippen LogP contribution is 2.13. The van der Waals surface area contributed by atoms with Crippen molar-refractivity contribution in [3.05, 3.63) is 46.5 Å². The van der Waals surface area contributed by atoms with Gasteiger partial charge in [-0.2, -0.15) is 0 Å². The van der Waals surface area contributed by atoms with E-state index in [1.54, 1.807) is 24.3 Å². The van der Waals surface area contributed by atoms with E-state index in [0.717, 1.165) is 19.4 Å². The second-order valence-electron chi connectivity index (χ2n) is 4.83. The summed E-state index contributed by atoms with van der Waals surface area (Å²) in [6.45, 7) is 1.18. The Morgan fingerprint density at radius 3 is 3.00 bits per heavy atom. The van der Waals surface area contributed by atoms with Gasteiger partial charge in [-0.05, 0) is 30.4 Å². The number of nitrogens with one attached hydrogen (secondary N) is 1. The molecule has 1 aliphatic rings.